The van der Waals surface area contributed by atoms with E-state index in [0.29, 0.717) is 5.57 Å². The summed E-state index contributed by atoms with van der Waals surface area (Å²) in [6.45, 7) is 0. The number of benzene rings is 1. The van der Waals surface area contributed by atoms with Gasteiger partial charge in [0, 0.05) is 5.57 Å². The average Bonchev–Trinajstić information content (AvgIpc) is 2.80. The maximum atomic E-state index is 11.2. The van der Waals surface area contributed by atoms with E-state index in [1.54, 1.807) is 0 Å². The Bertz CT molecular complexity index is 386. The van der Waals surface area contributed by atoms with Gasteiger partial charge in [0.05, 0.1) is 0 Å². The average molecular weight is 216 g/mol. The summed E-state index contributed by atoms with van der Waals surface area (Å²) in [7, 11) is 0. The molecular formula is C14H16O2. The highest BCUT2D eigenvalue weighted by atomic mass is 16.4. The van der Waals surface area contributed by atoms with E-state index in [1.165, 1.54) is 0 Å². The van der Waals surface area contributed by atoms with Crippen LogP contribution >= 0.6 is 0 Å². The lowest BCUT2D eigenvalue weighted by Gasteiger charge is -2.09. The van der Waals surface area contributed by atoms with Crippen LogP contribution in [0.3, 0.4) is 0 Å². The van der Waals surface area contributed by atoms with Crippen molar-refractivity contribution < 1.29 is 9.90 Å². The smallest absolute Gasteiger partial charge is 0.331 e. The first-order valence-corrected chi connectivity index (χ1v) is 5.77. The van der Waals surface area contributed by atoms with Crippen LogP contribution in [-0.4, -0.2) is 11.1 Å². The zero-order valence-corrected chi connectivity index (χ0v) is 9.23. The van der Waals surface area contributed by atoms with Crippen LogP contribution in [0.5, 0.6) is 0 Å². The molecule has 0 aromatic heterocycles. The van der Waals surface area contributed by atoms with Gasteiger partial charge in [-0.05, 0) is 30.4 Å². The Labute approximate surface area is 95.6 Å². The van der Waals surface area contributed by atoms with Gasteiger partial charge < -0.3 is 5.11 Å². The number of carboxylic acid groups (broad SMARTS) is 1. The maximum Gasteiger partial charge on any atom is 0.331 e. The summed E-state index contributed by atoms with van der Waals surface area (Å²) in [6.07, 6.45) is 6.17. The maximum absolute atomic E-state index is 11.2. The molecule has 1 saturated carbocycles. The lowest BCUT2D eigenvalue weighted by Crippen LogP contribution is -2.09. The van der Waals surface area contributed by atoms with Gasteiger partial charge in [0.1, 0.15) is 0 Å². The van der Waals surface area contributed by atoms with Gasteiger partial charge in [-0.1, -0.05) is 43.2 Å². The molecule has 0 radical (unpaired) electrons. The Balaban J connectivity index is 2.25. The number of hydrogen-bond acceptors (Lipinski definition) is 1. The van der Waals surface area contributed by atoms with Crippen LogP contribution in [-0.2, 0) is 4.79 Å². The summed E-state index contributed by atoms with van der Waals surface area (Å²) >= 11 is 0. The fraction of sp³-hybridized carbons (Fsp3) is 0.357. The fourth-order valence-corrected chi connectivity index (χ4v) is 2.32. The molecule has 1 aliphatic rings. The molecule has 1 aromatic rings. The van der Waals surface area contributed by atoms with E-state index in [4.69, 9.17) is 0 Å². The van der Waals surface area contributed by atoms with Gasteiger partial charge in [-0.25, -0.2) is 4.79 Å². The number of hydrogen-bond donors (Lipinski definition) is 1. The number of carboxylic acids is 1. The van der Waals surface area contributed by atoms with Crippen molar-refractivity contribution in [1.29, 1.82) is 0 Å². The third-order valence-electron chi connectivity index (χ3n) is 3.16. The molecule has 0 unspecified atom stereocenters. The molecule has 0 saturated heterocycles. The minimum Gasteiger partial charge on any atom is -0.478 e. The lowest BCUT2D eigenvalue weighted by atomic mass is 9.95. The largest absolute Gasteiger partial charge is 0.478 e. The predicted molar refractivity (Wildman–Crippen MR) is 64.0 cm³/mol. The van der Waals surface area contributed by atoms with E-state index >= 15 is 0 Å². The molecule has 1 aromatic carbocycles. The van der Waals surface area contributed by atoms with E-state index in [-0.39, 0.29) is 5.92 Å². The predicted octanol–water partition coefficient (Wildman–Crippen LogP) is 3.34. The van der Waals surface area contributed by atoms with Crippen molar-refractivity contribution in [2.75, 3.05) is 0 Å². The Morgan fingerprint density at radius 3 is 2.38 bits per heavy atom. The van der Waals surface area contributed by atoms with E-state index in [9.17, 15) is 9.90 Å². The molecule has 0 atom stereocenters. The van der Waals surface area contributed by atoms with E-state index < -0.39 is 5.97 Å². The second kappa shape index (κ2) is 4.97. The minimum absolute atomic E-state index is 0.248. The summed E-state index contributed by atoms with van der Waals surface area (Å²) in [5, 5.41) is 9.23. The van der Waals surface area contributed by atoms with Gasteiger partial charge in [0.15, 0.2) is 0 Å². The number of rotatable bonds is 3. The highest BCUT2D eigenvalue weighted by Crippen LogP contribution is 2.32. The molecular weight excluding hydrogens is 200 g/mol. The number of aliphatic carboxylic acids is 1. The molecule has 2 nitrogen and oxygen atoms in total. The third-order valence-corrected chi connectivity index (χ3v) is 3.16. The quantitative estimate of drug-likeness (QED) is 0.787. The second-order valence-electron chi connectivity index (χ2n) is 4.30. The van der Waals surface area contributed by atoms with Gasteiger partial charge in [-0.2, -0.15) is 0 Å². The van der Waals surface area contributed by atoms with Crippen LogP contribution in [0, 0.1) is 5.92 Å². The van der Waals surface area contributed by atoms with Crippen molar-refractivity contribution >= 4 is 12.0 Å². The molecule has 0 amide bonds. The van der Waals surface area contributed by atoms with Crippen molar-refractivity contribution in [3.8, 4) is 0 Å². The fourth-order valence-electron chi connectivity index (χ4n) is 2.32. The summed E-state index contributed by atoms with van der Waals surface area (Å²) < 4.78 is 0. The highest BCUT2D eigenvalue weighted by molar-refractivity contribution is 5.92. The van der Waals surface area contributed by atoms with Crippen LogP contribution in [0.25, 0.3) is 6.08 Å². The van der Waals surface area contributed by atoms with Crippen LogP contribution < -0.4 is 0 Å². The standard InChI is InChI=1S/C14H16O2/c15-14(16)13(12-8-4-5-9-12)10-11-6-2-1-3-7-11/h1-3,6-7,10,12H,4-5,8-9H2,(H,15,16)/b13-10-. The van der Waals surface area contributed by atoms with Crippen LogP contribution in [0.15, 0.2) is 35.9 Å². The van der Waals surface area contributed by atoms with Crippen LogP contribution in [0.1, 0.15) is 31.2 Å². The monoisotopic (exact) mass is 216 g/mol. The number of carbonyl (C=O) groups is 1. The molecule has 16 heavy (non-hydrogen) atoms. The Morgan fingerprint density at radius 2 is 1.81 bits per heavy atom. The molecule has 2 rings (SSSR count). The van der Waals surface area contributed by atoms with Crippen molar-refractivity contribution in [2.45, 2.75) is 25.7 Å². The summed E-state index contributed by atoms with van der Waals surface area (Å²) in [6, 6.07) is 9.68. The van der Waals surface area contributed by atoms with Gasteiger partial charge in [-0.3, -0.25) is 0 Å². The molecule has 2 heteroatoms. The van der Waals surface area contributed by atoms with Gasteiger partial charge >= 0.3 is 5.97 Å². The highest BCUT2D eigenvalue weighted by Gasteiger charge is 2.23. The Kier molecular flexibility index (Phi) is 3.40. The zero-order valence-electron chi connectivity index (χ0n) is 9.23. The van der Waals surface area contributed by atoms with Crippen molar-refractivity contribution in [1.82, 2.24) is 0 Å². The molecule has 0 aliphatic heterocycles. The molecule has 1 fully saturated rings. The minimum atomic E-state index is -0.768. The van der Waals surface area contributed by atoms with E-state index in [0.717, 1.165) is 31.2 Å². The second-order valence-corrected chi connectivity index (χ2v) is 4.30. The molecule has 1 N–H and O–H groups in total. The summed E-state index contributed by atoms with van der Waals surface area (Å²) in [4.78, 5) is 11.2. The normalized spacial score (nSPS) is 17.6. The van der Waals surface area contributed by atoms with Crippen molar-refractivity contribution in [3.63, 3.8) is 0 Å². The lowest BCUT2D eigenvalue weighted by molar-refractivity contribution is -0.133. The molecule has 0 heterocycles. The van der Waals surface area contributed by atoms with Gasteiger partial charge in [-0.15, -0.1) is 0 Å². The first-order valence-electron chi connectivity index (χ1n) is 5.77. The summed E-state index contributed by atoms with van der Waals surface area (Å²) in [5.41, 5.74) is 1.55. The molecule has 1 aliphatic carbocycles. The Hall–Kier alpha value is -1.57. The molecule has 0 bridgehead atoms. The van der Waals surface area contributed by atoms with Crippen molar-refractivity contribution in [2.24, 2.45) is 5.92 Å². The first-order chi connectivity index (χ1) is 7.77. The third kappa shape index (κ3) is 2.51. The zero-order chi connectivity index (χ0) is 11.4. The summed E-state index contributed by atoms with van der Waals surface area (Å²) in [5.74, 6) is -0.520. The van der Waals surface area contributed by atoms with Crippen LogP contribution in [0.4, 0.5) is 0 Å². The SMILES string of the molecule is O=C(O)/C(=C\c1ccccc1)C1CCCC1. The van der Waals surface area contributed by atoms with E-state index in [2.05, 4.69) is 0 Å². The van der Waals surface area contributed by atoms with Gasteiger partial charge in [0.2, 0.25) is 0 Å². The topological polar surface area (TPSA) is 37.3 Å². The van der Waals surface area contributed by atoms with Gasteiger partial charge in [0.25, 0.3) is 0 Å². The van der Waals surface area contributed by atoms with E-state index in [1.807, 2.05) is 36.4 Å². The molecule has 0 spiro atoms. The first kappa shape index (κ1) is 10.9. The van der Waals surface area contributed by atoms with Crippen molar-refractivity contribution in [3.05, 3.63) is 41.5 Å². The van der Waals surface area contributed by atoms with Crippen LogP contribution in [0.2, 0.25) is 0 Å². The Morgan fingerprint density at radius 1 is 1.19 bits per heavy atom. The molecule has 84 valence electrons.